The lowest BCUT2D eigenvalue weighted by Crippen LogP contribution is -2.38. The van der Waals surface area contributed by atoms with E-state index in [4.69, 9.17) is 5.73 Å². The van der Waals surface area contributed by atoms with Crippen molar-refractivity contribution in [3.63, 3.8) is 0 Å². The lowest BCUT2D eigenvalue weighted by Gasteiger charge is -2.30. The molecule has 2 aromatic rings. The van der Waals surface area contributed by atoms with E-state index in [1.54, 1.807) is 12.3 Å². The van der Waals surface area contributed by atoms with Crippen LogP contribution in [0.2, 0.25) is 0 Å². The van der Waals surface area contributed by atoms with Gasteiger partial charge in [-0.15, -0.1) is 0 Å². The van der Waals surface area contributed by atoms with Crippen molar-refractivity contribution < 1.29 is 4.79 Å². The number of anilines is 1. The van der Waals surface area contributed by atoms with Gasteiger partial charge < -0.3 is 11.1 Å². The van der Waals surface area contributed by atoms with Crippen LogP contribution in [0.5, 0.6) is 0 Å². The van der Waals surface area contributed by atoms with E-state index in [0.29, 0.717) is 17.8 Å². The molecule has 23 heavy (non-hydrogen) atoms. The van der Waals surface area contributed by atoms with E-state index in [2.05, 4.69) is 41.2 Å². The summed E-state index contributed by atoms with van der Waals surface area (Å²) in [6.45, 7) is 6.61. The molecule has 122 valence electrons. The molecule has 1 atom stereocenters. The van der Waals surface area contributed by atoms with E-state index in [-0.39, 0.29) is 11.9 Å². The Bertz CT molecular complexity index is 626. The number of amides is 1. The Morgan fingerprint density at radius 1 is 1.22 bits per heavy atom. The van der Waals surface area contributed by atoms with Gasteiger partial charge in [0, 0.05) is 24.6 Å². The molecule has 5 heteroatoms. The topological polar surface area (TPSA) is 71.2 Å². The number of rotatable bonds is 7. The molecule has 1 heterocycles. The van der Waals surface area contributed by atoms with Crippen molar-refractivity contribution in [2.45, 2.75) is 19.9 Å². The number of nitrogens with zero attached hydrogens (tertiary/aromatic N) is 2. The second-order valence-electron chi connectivity index (χ2n) is 5.32. The average Bonchev–Trinajstić information content (AvgIpc) is 2.59. The number of nitrogens with two attached hydrogens (primary N) is 1. The number of nitrogens with one attached hydrogen (secondary N) is 1. The summed E-state index contributed by atoms with van der Waals surface area (Å²) >= 11 is 0. The number of hydrogen-bond acceptors (Lipinski definition) is 4. The third-order valence-electron chi connectivity index (χ3n) is 3.99. The Labute approximate surface area is 137 Å². The monoisotopic (exact) mass is 312 g/mol. The van der Waals surface area contributed by atoms with Gasteiger partial charge in [-0.25, -0.2) is 0 Å². The fourth-order valence-corrected chi connectivity index (χ4v) is 2.68. The van der Waals surface area contributed by atoms with Crippen molar-refractivity contribution in [1.29, 1.82) is 0 Å². The first-order chi connectivity index (χ1) is 11.2. The maximum atomic E-state index is 12.4. The van der Waals surface area contributed by atoms with Crippen LogP contribution in [0.4, 0.5) is 5.69 Å². The number of nitrogen functional groups attached to an aromatic ring is 1. The number of hydrogen-bond donors (Lipinski definition) is 2. The summed E-state index contributed by atoms with van der Waals surface area (Å²) in [6.07, 6.45) is 3.08. The Morgan fingerprint density at radius 3 is 2.52 bits per heavy atom. The quantitative estimate of drug-likeness (QED) is 0.824. The van der Waals surface area contributed by atoms with Crippen LogP contribution in [0.15, 0.2) is 48.8 Å². The number of carbonyl (C=O) groups is 1. The normalized spacial score (nSPS) is 12.1. The zero-order valence-corrected chi connectivity index (χ0v) is 13.7. The third-order valence-corrected chi connectivity index (χ3v) is 3.99. The molecule has 0 fully saturated rings. The van der Waals surface area contributed by atoms with Crippen LogP contribution in [0.25, 0.3) is 0 Å². The van der Waals surface area contributed by atoms with Crippen LogP contribution in [0.1, 0.15) is 35.8 Å². The molecule has 5 nitrogen and oxygen atoms in total. The maximum absolute atomic E-state index is 12.4. The molecule has 3 N–H and O–H groups in total. The summed E-state index contributed by atoms with van der Waals surface area (Å²) in [4.78, 5) is 18.6. The van der Waals surface area contributed by atoms with E-state index in [0.717, 1.165) is 13.1 Å². The zero-order chi connectivity index (χ0) is 16.7. The van der Waals surface area contributed by atoms with Gasteiger partial charge in [-0.2, -0.15) is 0 Å². The first-order valence-corrected chi connectivity index (χ1v) is 7.94. The van der Waals surface area contributed by atoms with Crippen molar-refractivity contribution in [2.24, 2.45) is 0 Å². The van der Waals surface area contributed by atoms with Gasteiger partial charge in [0.1, 0.15) is 0 Å². The predicted molar refractivity (Wildman–Crippen MR) is 93.1 cm³/mol. The van der Waals surface area contributed by atoms with Crippen molar-refractivity contribution in [1.82, 2.24) is 15.2 Å². The first kappa shape index (κ1) is 17.0. The van der Waals surface area contributed by atoms with Crippen LogP contribution in [-0.2, 0) is 0 Å². The van der Waals surface area contributed by atoms with Gasteiger partial charge in [-0.3, -0.25) is 14.7 Å². The molecular weight excluding hydrogens is 288 g/mol. The largest absolute Gasteiger partial charge is 0.398 e. The number of aromatic nitrogens is 1. The van der Waals surface area contributed by atoms with E-state index >= 15 is 0 Å². The summed E-state index contributed by atoms with van der Waals surface area (Å²) in [6, 6.07) is 12.0. The van der Waals surface area contributed by atoms with Gasteiger partial charge in [0.25, 0.3) is 5.91 Å². The number of likely N-dealkylation sites (N-methyl/N-ethyl adjacent to an activating group) is 1. The minimum atomic E-state index is -0.191. The Balaban J connectivity index is 2.12. The zero-order valence-electron chi connectivity index (χ0n) is 13.7. The highest BCUT2D eigenvalue weighted by Gasteiger charge is 2.19. The lowest BCUT2D eigenvalue weighted by molar-refractivity contribution is 0.0935. The van der Waals surface area contributed by atoms with Crippen molar-refractivity contribution in [3.8, 4) is 0 Å². The van der Waals surface area contributed by atoms with Gasteiger partial charge in [0.2, 0.25) is 0 Å². The van der Waals surface area contributed by atoms with Gasteiger partial charge in [-0.05, 0) is 24.7 Å². The number of pyridine rings is 1. The lowest BCUT2D eigenvalue weighted by atomic mass is 10.0. The standard InChI is InChI=1S/C18H24N4O/c1-3-22(4-2)17(14-8-6-5-7-9-14)13-21-18(23)15-12-20-11-10-16(15)19/h5-12,17H,3-4,13H2,1-2H3,(H2,19,20)(H,21,23). The van der Waals surface area contributed by atoms with E-state index in [9.17, 15) is 4.79 Å². The van der Waals surface area contributed by atoms with Crippen molar-refractivity contribution in [3.05, 3.63) is 59.9 Å². The summed E-state index contributed by atoms with van der Waals surface area (Å²) in [7, 11) is 0. The summed E-state index contributed by atoms with van der Waals surface area (Å²) < 4.78 is 0. The smallest absolute Gasteiger partial charge is 0.255 e. The van der Waals surface area contributed by atoms with Crippen molar-refractivity contribution in [2.75, 3.05) is 25.4 Å². The highest BCUT2D eigenvalue weighted by atomic mass is 16.1. The van der Waals surface area contributed by atoms with E-state index < -0.39 is 0 Å². The van der Waals surface area contributed by atoms with Gasteiger partial charge in [0.15, 0.2) is 0 Å². The Morgan fingerprint density at radius 2 is 1.91 bits per heavy atom. The molecule has 0 aliphatic heterocycles. The van der Waals surface area contributed by atoms with Crippen LogP contribution in [-0.4, -0.2) is 35.4 Å². The second-order valence-corrected chi connectivity index (χ2v) is 5.32. The first-order valence-electron chi connectivity index (χ1n) is 7.94. The van der Waals surface area contributed by atoms with Gasteiger partial charge >= 0.3 is 0 Å². The molecule has 0 aliphatic rings. The van der Waals surface area contributed by atoms with E-state index in [1.807, 2.05) is 18.2 Å². The average molecular weight is 312 g/mol. The van der Waals surface area contributed by atoms with Gasteiger partial charge in [-0.1, -0.05) is 44.2 Å². The van der Waals surface area contributed by atoms with Crippen LogP contribution >= 0.6 is 0 Å². The fraction of sp³-hybridized carbons (Fsp3) is 0.333. The predicted octanol–water partition coefficient (Wildman–Crippen LogP) is 2.48. The molecule has 1 amide bonds. The third kappa shape index (κ3) is 4.29. The highest BCUT2D eigenvalue weighted by Crippen LogP contribution is 2.20. The molecule has 0 bridgehead atoms. The molecule has 0 saturated carbocycles. The minimum absolute atomic E-state index is 0.132. The molecule has 1 aromatic carbocycles. The summed E-state index contributed by atoms with van der Waals surface area (Å²) in [5.41, 5.74) is 7.89. The van der Waals surface area contributed by atoms with E-state index in [1.165, 1.54) is 11.8 Å². The fourth-order valence-electron chi connectivity index (χ4n) is 2.68. The van der Waals surface area contributed by atoms with Crippen molar-refractivity contribution >= 4 is 11.6 Å². The SMILES string of the molecule is CCN(CC)C(CNC(=O)c1cnccc1N)c1ccccc1. The number of benzene rings is 1. The molecule has 1 aromatic heterocycles. The molecule has 0 spiro atoms. The maximum Gasteiger partial charge on any atom is 0.255 e. The molecule has 0 aliphatic carbocycles. The Hall–Kier alpha value is -2.40. The highest BCUT2D eigenvalue weighted by molar-refractivity contribution is 5.98. The summed E-state index contributed by atoms with van der Waals surface area (Å²) in [5, 5.41) is 2.99. The van der Waals surface area contributed by atoms with Gasteiger partial charge in [0.05, 0.1) is 11.6 Å². The summed E-state index contributed by atoms with van der Waals surface area (Å²) in [5.74, 6) is -0.191. The molecule has 1 unspecified atom stereocenters. The molecule has 2 rings (SSSR count). The minimum Gasteiger partial charge on any atom is -0.398 e. The Kier molecular flexibility index (Phi) is 6.11. The van der Waals surface area contributed by atoms with Crippen LogP contribution in [0, 0.1) is 0 Å². The number of carbonyl (C=O) groups excluding carboxylic acids is 1. The molecular formula is C18H24N4O. The molecule has 0 radical (unpaired) electrons. The second kappa shape index (κ2) is 8.29. The molecule has 0 saturated heterocycles. The van der Waals surface area contributed by atoms with Crippen LogP contribution in [0.3, 0.4) is 0 Å². The van der Waals surface area contributed by atoms with Crippen LogP contribution < -0.4 is 11.1 Å².